The Morgan fingerprint density at radius 3 is 2.67 bits per heavy atom. The number of hydrogen-bond donors (Lipinski definition) is 1. The molecule has 10 heteroatoms. The van der Waals surface area contributed by atoms with Gasteiger partial charge in [-0.25, -0.2) is 13.1 Å². The zero-order valence-corrected chi connectivity index (χ0v) is 15.2. The topological polar surface area (TPSA) is 71.4 Å². The van der Waals surface area contributed by atoms with Gasteiger partial charge in [0.05, 0.1) is 23.0 Å². The van der Waals surface area contributed by atoms with Crippen LogP contribution in [0.25, 0.3) is 0 Å². The zero-order valence-electron chi connectivity index (χ0n) is 14.4. The van der Waals surface area contributed by atoms with Crippen LogP contribution >= 0.6 is 0 Å². The van der Waals surface area contributed by atoms with Crippen molar-refractivity contribution in [1.82, 2.24) is 14.2 Å². The van der Waals surface area contributed by atoms with Crippen LogP contribution in [0.15, 0.2) is 47.5 Å². The molecular formula is C17H18F3N3O3S. The van der Waals surface area contributed by atoms with Gasteiger partial charge in [-0.15, -0.1) is 0 Å². The molecule has 0 saturated carbocycles. The highest BCUT2D eigenvalue weighted by Gasteiger charge is 2.32. The molecular weight excluding hydrogens is 383 g/mol. The van der Waals surface area contributed by atoms with Crippen LogP contribution in [0.2, 0.25) is 0 Å². The van der Waals surface area contributed by atoms with E-state index in [1.165, 1.54) is 0 Å². The lowest BCUT2D eigenvalue weighted by atomic mass is 10.1. The second kappa shape index (κ2) is 7.01. The Morgan fingerprint density at radius 2 is 1.96 bits per heavy atom. The molecule has 1 aromatic carbocycles. The molecule has 1 aliphatic rings. The maximum absolute atomic E-state index is 12.8. The first-order valence-electron chi connectivity index (χ1n) is 8.21. The van der Waals surface area contributed by atoms with E-state index in [0.717, 1.165) is 23.9 Å². The molecule has 0 saturated heterocycles. The normalized spacial score (nSPS) is 17.6. The molecule has 0 bridgehead atoms. The summed E-state index contributed by atoms with van der Waals surface area (Å²) in [6.07, 6.45) is -2.75. The number of nitrogens with one attached hydrogen (secondary N) is 1. The fourth-order valence-electron chi connectivity index (χ4n) is 3.10. The highest BCUT2D eigenvalue weighted by molar-refractivity contribution is 7.89. The smallest absolute Gasteiger partial charge is 0.348 e. The quantitative estimate of drug-likeness (QED) is 0.855. The first-order valence-corrected chi connectivity index (χ1v) is 9.69. The number of sulfonamides is 1. The molecule has 0 aliphatic carbocycles. The van der Waals surface area contributed by atoms with Crippen LogP contribution in [-0.2, 0) is 27.5 Å². The minimum atomic E-state index is -4.65. The van der Waals surface area contributed by atoms with Crippen molar-refractivity contribution >= 4 is 15.9 Å². The molecule has 1 aromatic heterocycles. The summed E-state index contributed by atoms with van der Waals surface area (Å²) in [6, 6.07) is 6.93. The van der Waals surface area contributed by atoms with Crippen LogP contribution < -0.4 is 4.72 Å². The lowest BCUT2D eigenvalue weighted by Crippen LogP contribution is -2.45. The van der Waals surface area contributed by atoms with Gasteiger partial charge in [0.25, 0.3) is 0 Å². The van der Waals surface area contributed by atoms with Gasteiger partial charge in [-0.3, -0.25) is 4.79 Å². The Morgan fingerprint density at radius 1 is 1.22 bits per heavy atom. The van der Waals surface area contributed by atoms with Gasteiger partial charge in [0.1, 0.15) is 0 Å². The van der Waals surface area contributed by atoms with Crippen molar-refractivity contribution in [2.24, 2.45) is 0 Å². The van der Waals surface area contributed by atoms with Crippen molar-refractivity contribution in [3.8, 4) is 0 Å². The number of benzene rings is 1. The Bertz CT molecular complexity index is 954. The largest absolute Gasteiger partial charge is 0.416 e. The van der Waals surface area contributed by atoms with Gasteiger partial charge in [0.15, 0.2) is 0 Å². The number of carbonyl (C=O) groups is 1. The van der Waals surface area contributed by atoms with Crippen molar-refractivity contribution in [3.05, 3.63) is 53.9 Å². The molecule has 3 rings (SSSR count). The fraction of sp³-hybridized carbons (Fsp3) is 0.353. The molecule has 1 unspecified atom stereocenters. The molecule has 1 atom stereocenters. The molecule has 2 aromatic rings. The predicted molar refractivity (Wildman–Crippen MR) is 91.2 cm³/mol. The van der Waals surface area contributed by atoms with E-state index >= 15 is 0 Å². The van der Waals surface area contributed by atoms with Gasteiger partial charge < -0.3 is 9.47 Å². The number of aromatic nitrogens is 1. The lowest BCUT2D eigenvalue weighted by molar-refractivity contribution is -0.137. The highest BCUT2D eigenvalue weighted by Crippen LogP contribution is 2.30. The van der Waals surface area contributed by atoms with Crippen LogP contribution in [0.5, 0.6) is 0 Å². The maximum atomic E-state index is 12.8. The van der Waals surface area contributed by atoms with Gasteiger partial charge >= 0.3 is 6.18 Å². The molecule has 0 radical (unpaired) electrons. The predicted octanol–water partition coefficient (Wildman–Crippen LogP) is 2.39. The van der Waals surface area contributed by atoms with Gasteiger partial charge in [0, 0.05) is 25.0 Å². The molecule has 2 heterocycles. The Hall–Kier alpha value is -2.33. The van der Waals surface area contributed by atoms with E-state index in [4.69, 9.17) is 0 Å². The average Bonchev–Trinajstić information content (AvgIpc) is 3.09. The van der Waals surface area contributed by atoms with Crippen LogP contribution in [0.3, 0.4) is 0 Å². The third-order valence-electron chi connectivity index (χ3n) is 4.55. The second-order valence-electron chi connectivity index (χ2n) is 6.24. The minimum absolute atomic E-state index is 0.223. The number of alkyl halides is 3. The first kappa shape index (κ1) is 19.4. The lowest BCUT2D eigenvalue weighted by Gasteiger charge is -2.35. The Kier molecular flexibility index (Phi) is 5.04. The number of fused-ring (bicyclic) bond motifs is 1. The number of amides is 1. The molecule has 0 fully saturated rings. The van der Waals surface area contributed by atoms with Gasteiger partial charge in [-0.05, 0) is 37.3 Å². The summed E-state index contributed by atoms with van der Waals surface area (Å²) in [5.41, 5.74) is -0.127. The summed E-state index contributed by atoms with van der Waals surface area (Å²) in [5, 5.41) is 0. The summed E-state index contributed by atoms with van der Waals surface area (Å²) >= 11 is 0. The highest BCUT2D eigenvalue weighted by atomic mass is 32.2. The number of carbonyl (C=O) groups excluding carboxylic acids is 1. The van der Waals surface area contributed by atoms with E-state index in [-0.39, 0.29) is 6.04 Å². The van der Waals surface area contributed by atoms with Crippen molar-refractivity contribution in [2.45, 2.75) is 30.6 Å². The first-order chi connectivity index (χ1) is 12.6. The molecule has 0 spiro atoms. The molecule has 146 valence electrons. The van der Waals surface area contributed by atoms with Gasteiger partial charge in [-0.2, -0.15) is 13.2 Å². The van der Waals surface area contributed by atoms with E-state index < -0.39 is 39.1 Å². The van der Waals surface area contributed by atoms with Crippen LogP contribution in [0, 0.1) is 0 Å². The average molecular weight is 401 g/mol. The monoisotopic (exact) mass is 401 g/mol. The SMILES string of the molecule is CC1c2cccn2CCN1C(=O)CNS(=O)(=O)c1cccc(C(F)(F)F)c1. The second-order valence-corrected chi connectivity index (χ2v) is 8.01. The van der Waals surface area contributed by atoms with Crippen LogP contribution in [0.4, 0.5) is 13.2 Å². The minimum Gasteiger partial charge on any atom is -0.348 e. The summed E-state index contributed by atoms with van der Waals surface area (Å²) in [4.78, 5) is 13.5. The van der Waals surface area contributed by atoms with E-state index in [9.17, 15) is 26.4 Å². The Labute approximate surface area is 154 Å². The van der Waals surface area contributed by atoms with E-state index in [0.29, 0.717) is 19.2 Å². The molecule has 1 N–H and O–H groups in total. The van der Waals surface area contributed by atoms with Crippen molar-refractivity contribution in [3.63, 3.8) is 0 Å². The maximum Gasteiger partial charge on any atom is 0.416 e. The van der Waals surface area contributed by atoms with Crippen molar-refractivity contribution in [2.75, 3.05) is 13.1 Å². The summed E-state index contributed by atoms with van der Waals surface area (Å²) < 4.78 is 67.0. The van der Waals surface area contributed by atoms with Crippen LogP contribution in [0.1, 0.15) is 24.2 Å². The van der Waals surface area contributed by atoms with Crippen LogP contribution in [-0.4, -0.2) is 36.9 Å². The third-order valence-corrected chi connectivity index (χ3v) is 5.95. The molecule has 1 amide bonds. The number of halogens is 3. The van der Waals surface area contributed by atoms with E-state index in [2.05, 4.69) is 4.72 Å². The Balaban J connectivity index is 1.70. The molecule has 27 heavy (non-hydrogen) atoms. The number of hydrogen-bond acceptors (Lipinski definition) is 3. The number of nitrogens with zero attached hydrogens (tertiary/aromatic N) is 2. The van der Waals surface area contributed by atoms with Crippen molar-refractivity contribution < 1.29 is 26.4 Å². The summed E-state index contributed by atoms with van der Waals surface area (Å²) in [7, 11) is -4.25. The van der Waals surface area contributed by atoms with Gasteiger partial charge in [0.2, 0.25) is 15.9 Å². The van der Waals surface area contributed by atoms with Gasteiger partial charge in [-0.1, -0.05) is 6.07 Å². The third kappa shape index (κ3) is 4.01. The fourth-order valence-corrected chi connectivity index (χ4v) is 4.12. The zero-order chi connectivity index (χ0) is 19.8. The number of rotatable bonds is 4. The van der Waals surface area contributed by atoms with E-state index in [1.807, 2.05) is 29.8 Å². The standard InChI is InChI=1S/C17H18F3N3O3S/c1-12-15-6-3-7-22(15)8-9-23(12)16(24)11-21-27(25,26)14-5-2-4-13(10-14)17(18,19)20/h2-7,10,12,21H,8-9,11H2,1H3. The van der Waals surface area contributed by atoms with Crippen molar-refractivity contribution in [1.29, 1.82) is 0 Å². The van der Waals surface area contributed by atoms with E-state index in [1.54, 1.807) is 4.90 Å². The molecule has 1 aliphatic heterocycles. The summed E-state index contributed by atoms with van der Waals surface area (Å²) in [6.45, 7) is 2.33. The summed E-state index contributed by atoms with van der Waals surface area (Å²) in [5.74, 6) is -0.439. The molecule has 6 nitrogen and oxygen atoms in total.